The normalized spacial score (nSPS) is 19.1. The number of sulfonamides is 1. The van der Waals surface area contributed by atoms with Gasteiger partial charge in [-0.15, -0.1) is 0 Å². The first-order chi connectivity index (χ1) is 14.8. The van der Waals surface area contributed by atoms with Crippen molar-refractivity contribution in [2.75, 3.05) is 18.5 Å². The van der Waals surface area contributed by atoms with Crippen molar-refractivity contribution in [2.45, 2.75) is 56.4 Å². The number of fused-ring (bicyclic) bond motifs is 1. The van der Waals surface area contributed by atoms with E-state index in [4.69, 9.17) is 0 Å². The number of rotatable bonds is 7. The quantitative estimate of drug-likeness (QED) is 0.663. The van der Waals surface area contributed by atoms with Crippen LogP contribution in [0, 0.1) is 0 Å². The van der Waals surface area contributed by atoms with E-state index < -0.39 is 10.0 Å². The highest BCUT2D eigenvalue weighted by Gasteiger charge is 2.34. The number of likely N-dealkylation sites (N-methyl/N-ethyl adjacent to an activating group) is 1. The Kier molecular flexibility index (Phi) is 5.99. The van der Waals surface area contributed by atoms with Gasteiger partial charge in [-0.1, -0.05) is 31.2 Å². The van der Waals surface area contributed by atoms with E-state index in [1.807, 2.05) is 25.1 Å². The Morgan fingerprint density at radius 3 is 2.45 bits per heavy atom. The summed E-state index contributed by atoms with van der Waals surface area (Å²) in [6.45, 7) is 2.59. The minimum absolute atomic E-state index is 0.0545. The van der Waals surface area contributed by atoms with Gasteiger partial charge >= 0.3 is 0 Å². The SMILES string of the molecule is CC[C@@H]1CCCN1S(=O)(=O)c1ccc(CC(=O)Cc2ccc3c(c2)CC(=O)N3C)cc1. The third-order valence-corrected chi connectivity index (χ3v) is 8.31. The molecule has 0 N–H and O–H groups in total. The Labute approximate surface area is 183 Å². The maximum absolute atomic E-state index is 12.9. The van der Waals surface area contributed by atoms with E-state index in [0.29, 0.717) is 13.0 Å². The van der Waals surface area contributed by atoms with Crippen LogP contribution in [0.5, 0.6) is 0 Å². The van der Waals surface area contributed by atoms with Crippen molar-refractivity contribution in [2.24, 2.45) is 0 Å². The molecule has 1 amide bonds. The van der Waals surface area contributed by atoms with Crippen molar-refractivity contribution in [1.29, 1.82) is 0 Å². The molecule has 164 valence electrons. The van der Waals surface area contributed by atoms with Gasteiger partial charge in [-0.25, -0.2) is 8.42 Å². The molecule has 0 aliphatic carbocycles. The summed E-state index contributed by atoms with van der Waals surface area (Å²) < 4.78 is 27.5. The number of nitrogens with zero attached hydrogens (tertiary/aromatic N) is 2. The fourth-order valence-electron chi connectivity index (χ4n) is 4.60. The molecule has 6 nitrogen and oxygen atoms in total. The lowest BCUT2D eigenvalue weighted by atomic mass is 10.0. The molecule has 0 bridgehead atoms. The molecule has 0 saturated carbocycles. The van der Waals surface area contributed by atoms with Gasteiger partial charge in [0.05, 0.1) is 11.3 Å². The third-order valence-electron chi connectivity index (χ3n) is 6.35. The molecule has 4 rings (SSSR count). The zero-order valence-corrected chi connectivity index (χ0v) is 18.8. The van der Waals surface area contributed by atoms with Crippen LogP contribution in [0.3, 0.4) is 0 Å². The summed E-state index contributed by atoms with van der Waals surface area (Å²) in [4.78, 5) is 26.3. The van der Waals surface area contributed by atoms with Crippen LogP contribution in [-0.4, -0.2) is 44.0 Å². The molecule has 1 saturated heterocycles. The largest absolute Gasteiger partial charge is 0.315 e. The molecule has 2 aliphatic rings. The molecule has 0 radical (unpaired) electrons. The summed E-state index contributed by atoms with van der Waals surface area (Å²) >= 11 is 0. The van der Waals surface area contributed by atoms with Crippen LogP contribution in [0.2, 0.25) is 0 Å². The minimum Gasteiger partial charge on any atom is -0.315 e. The molecule has 1 fully saturated rings. The van der Waals surface area contributed by atoms with Gasteiger partial charge in [-0.3, -0.25) is 9.59 Å². The molecule has 7 heteroatoms. The van der Waals surface area contributed by atoms with E-state index >= 15 is 0 Å². The summed E-state index contributed by atoms with van der Waals surface area (Å²) in [7, 11) is -1.73. The lowest BCUT2D eigenvalue weighted by Gasteiger charge is -2.23. The van der Waals surface area contributed by atoms with Crippen LogP contribution in [0.1, 0.15) is 42.9 Å². The van der Waals surface area contributed by atoms with Gasteiger partial charge in [-0.2, -0.15) is 4.31 Å². The Morgan fingerprint density at radius 2 is 1.74 bits per heavy atom. The predicted octanol–water partition coefficient (Wildman–Crippen LogP) is 3.12. The van der Waals surface area contributed by atoms with Crippen molar-refractivity contribution in [3.63, 3.8) is 0 Å². The van der Waals surface area contributed by atoms with Crippen LogP contribution in [0.4, 0.5) is 5.69 Å². The molecule has 1 atom stereocenters. The summed E-state index contributed by atoms with van der Waals surface area (Å²) in [6, 6.07) is 12.5. The number of hydrogen-bond donors (Lipinski definition) is 0. The van der Waals surface area contributed by atoms with Crippen LogP contribution >= 0.6 is 0 Å². The molecular weight excluding hydrogens is 412 g/mol. The maximum Gasteiger partial charge on any atom is 0.243 e. The molecule has 31 heavy (non-hydrogen) atoms. The van der Waals surface area contributed by atoms with Gasteiger partial charge in [0.1, 0.15) is 5.78 Å². The first-order valence-corrected chi connectivity index (χ1v) is 12.2. The van der Waals surface area contributed by atoms with Crippen molar-refractivity contribution < 1.29 is 18.0 Å². The fraction of sp³-hybridized carbons (Fsp3) is 0.417. The lowest BCUT2D eigenvalue weighted by Crippen LogP contribution is -2.35. The first kappa shape index (κ1) is 21.7. The number of amides is 1. The standard InChI is InChI=1S/C24H28N2O4S/c1-3-20-5-4-12-26(20)31(29,30)22-9-6-17(7-10-22)14-21(27)15-18-8-11-23-19(13-18)16-24(28)25(23)2/h6-11,13,20H,3-5,12,14-16H2,1-2H3/t20-/m1/s1. The van der Waals surface area contributed by atoms with Crippen molar-refractivity contribution in [3.05, 3.63) is 59.2 Å². The second kappa shape index (κ2) is 8.55. The molecule has 0 unspecified atom stereocenters. The Balaban J connectivity index is 1.41. The average Bonchev–Trinajstić information content (AvgIpc) is 3.33. The number of benzene rings is 2. The van der Waals surface area contributed by atoms with Gasteiger partial charge in [0.25, 0.3) is 0 Å². The van der Waals surface area contributed by atoms with Gasteiger partial charge in [0.15, 0.2) is 0 Å². The smallest absolute Gasteiger partial charge is 0.243 e. The topological polar surface area (TPSA) is 74.8 Å². The number of carbonyl (C=O) groups excluding carboxylic acids is 2. The van der Waals surface area contributed by atoms with Crippen molar-refractivity contribution >= 4 is 27.4 Å². The highest BCUT2D eigenvalue weighted by molar-refractivity contribution is 7.89. The van der Waals surface area contributed by atoms with E-state index in [-0.39, 0.29) is 35.5 Å². The third kappa shape index (κ3) is 4.29. The average molecular weight is 441 g/mol. The maximum atomic E-state index is 12.9. The molecule has 0 aromatic heterocycles. The summed E-state index contributed by atoms with van der Waals surface area (Å²) in [5.41, 5.74) is 3.56. The number of anilines is 1. The van der Waals surface area contributed by atoms with Gasteiger partial charge in [0.2, 0.25) is 15.9 Å². The molecule has 0 spiro atoms. The monoisotopic (exact) mass is 440 g/mol. The van der Waals surface area contributed by atoms with E-state index in [9.17, 15) is 18.0 Å². The first-order valence-electron chi connectivity index (χ1n) is 10.8. The predicted molar refractivity (Wildman–Crippen MR) is 120 cm³/mol. The number of ketones is 1. The van der Waals surface area contributed by atoms with E-state index in [2.05, 4.69) is 0 Å². The van der Waals surface area contributed by atoms with Gasteiger partial charge in [-0.05, 0) is 54.2 Å². The van der Waals surface area contributed by atoms with Crippen LogP contribution in [0.25, 0.3) is 0 Å². The summed E-state index contributed by atoms with van der Waals surface area (Å²) in [6.07, 6.45) is 3.54. The van der Waals surface area contributed by atoms with Gasteiger partial charge < -0.3 is 4.90 Å². The van der Waals surface area contributed by atoms with E-state index in [1.54, 1.807) is 40.5 Å². The van der Waals surface area contributed by atoms with Crippen molar-refractivity contribution in [3.8, 4) is 0 Å². The Bertz CT molecular complexity index is 1110. The second-order valence-electron chi connectivity index (χ2n) is 8.45. The Morgan fingerprint density at radius 1 is 1.06 bits per heavy atom. The van der Waals surface area contributed by atoms with Crippen LogP contribution in [-0.2, 0) is 38.9 Å². The zero-order chi connectivity index (χ0) is 22.2. The highest BCUT2D eigenvalue weighted by Crippen LogP contribution is 2.29. The van der Waals surface area contributed by atoms with E-state index in [0.717, 1.165) is 41.6 Å². The molecule has 2 heterocycles. The number of hydrogen-bond acceptors (Lipinski definition) is 4. The number of Topliss-reactive ketones (excluding diaryl/α,β-unsaturated/α-hetero) is 1. The molecule has 2 aliphatic heterocycles. The number of carbonyl (C=O) groups is 2. The molecule has 2 aromatic carbocycles. The van der Waals surface area contributed by atoms with Gasteiger partial charge in [0, 0.05) is 38.2 Å². The zero-order valence-electron chi connectivity index (χ0n) is 18.0. The van der Waals surface area contributed by atoms with Crippen LogP contribution in [0.15, 0.2) is 47.4 Å². The summed E-state index contributed by atoms with van der Waals surface area (Å²) in [5.74, 6) is 0.117. The molecular formula is C24H28N2O4S. The molecule has 2 aromatic rings. The van der Waals surface area contributed by atoms with Crippen LogP contribution < -0.4 is 4.90 Å². The van der Waals surface area contributed by atoms with E-state index in [1.165, 1.54) is 0 Å². The summed E-state index contributed by atoms with van der Waals surface area (Å²) in [5, 5.41) is 0. The second-order valence-corrected chi connectivity index (χ2v) is 10.3. The van der Waals surface area contributed by atoms with Crippen molar-refractivity contribution in [1.82, 2.24) is 4.31 Å². The fourth-order valence-corrected chi connectivity index (χ4v) is 6.37. The lowest BCUT2D eigenvalue weighted by molar-refractivity contribution is -0.118. The highest BCUT2D eigenvalue weighted by atomic mass is 32.2. The minimum atomic E-state index is -3.49. The Hall–Kier alpha value is -2.51.